The molecule has 0 bridgehead atoms. The van der Waals surface area contributed by atoms with Crippen LogP contribution in [0.25, 0.3) is 27.5 Å². The predicted octanol–water partition coefficient (Wildman–Crippen LogP) is 5.29. The Morgan fingerprint density at radius 2 is 1.84 bits per heavy atom. The lowest BCUT2D eigenvalue weighted by Crippen LogP contribution is -2.26. The second-order valence-electron chi connectivity index (χ2n) is 7.33. The highest BCUT2D eigenvalue weighted by atomic mass is 35.5. The van der Waals surface area contributed by atoms with Gasteiger partial charge in [0.1, 0.15) is 17.7 Å². The van der Waals surface area contributed by atoms with E-state index in [2.05, 4.69) is 20.3 Å². The van der Waals surface area contributed by atoms with Crippen molar-refractivity contribution >= 4 is 39.2 Å². The number of rotatable bonds is 4. The fraction of sp³-hybridized carbons (Fsp3) is 0.0833. The zero-order valence-corrected chi connectivity index (χ0v) is 17.7. The van der Waals surface area contributed by atoms with Crippen molar-refractivity contribution < 1.29 is 4.39 Å². The van der Waals surface area contributed by atoms with Gasteiger partial charge in [0.25, 0.3) is 5.56 Å². The van der Waals surface area contributed by atoms with Crippen LogP contribution in [0.5, 0.6) is 0 Å². The van der Waals surface area contributed by atoms with E-state index in [0.717, 1.165) is 0 Å². The normalized spacial score (nSPS) is 12.2. The van der Waals surface area contributed by atoms with Gasteiger partial charge in [0, 0.05) is 17.6 Å². The molecule has 0 saturated heterocycles. The summed E-state index contributed by atoms with van der Waals surface area (Å²) in [5, 5.41) is 3.86. The van der Waals surface area contributed by atoms with Crippen molar-refractivity contribution in [1.82, 2.24) is 19.5 Å². The van der Waals surface area contributed by atoms with Gasteiger partial charge in [-0.25, -0.2) is 14.4 Å². The molecule has 3 aromatic heterocycles. The molecule has 1 atom stereocenters. The van der Waals surface area contributed by atoms with Crippen LogP contribution in [0.3, 0.4) is 0 Å². The zero-order valence-electron chi connectivity index (χ0n) is 17.0. The Kier molecular flexibility index (Phi) is 5.03. The monoisotopic (exact) mass is 445 g/mol. The summed E-state index contributed by atoms with van der Waals surface area (Å²) >= 11 is 6.19. The van der Waals surface area contributed by atoms with Gasteiger partial charge in [-0.05, 0) is 48.7 Å². The Labute approximate surface area is 187 Å². The molecule has 0 radical (unpaired) electrons. The van der Waals surface area contributed by atoms with Gasteiger partial charge in [-0.3, -0.25) is 14.3 Å². The van der Waals surface area contributed by atoms with Gasteiger partial charge in [0.05, 0.1) is 22.0 Å². The largest absolute Gasteiger partial charge is 0.360 e. The number of para-hydroxylation sites is 1. The SMILES string of the molecule is CC(Nc1ncnc2cccnc12)c1cc2ccc(F)c(Cl)c2c(=O)n1-c1ccccc1. The van der Waals surface area contributed by atoms with Crippen molar-refractivity contribution in [2.45, 2.75) is 13.0 Å². The average Bonchev–Trinajstić information content (AvgIpc) is 2.82. The van der Waals surface area contributed by atoms with Gasteiger partial charge in [0.2, 0.25) is 0 Å². The third-order valence-corrected chi connectivity index (χ3v) is 5.68. The molecule has 158 valence electrons. The summed E-state index contributed by atoms with van der Waals surface area (Å²) in [7, 11) is 0. The van der Waals surface area contributed by atoms with Crippen LogP contribution in [0.15, 0.2) is 78.0 Å². The summed E-state index contributed by atoms with van der Waals surface area (Å²) in [6, 6.07) is 17.1. The molecule has 0 aliphatic rings. The number of hydrogen-bond donors (Lipinski definition) is 1. The van der Waals surface area contributed by atoms with E-state index in [9.17, 15) is 9.18 Å². The fourth-order valence-electron chi connectivity index (χ4n) is 3.80. The molecule has 0 saturated carbocycles. The molecule has 0 aliphatic heterocycles. The first-order valence-corrected chi connectivity index (χ1v) is 10.3. The molecule has 2 aromatic carbocycles. The standard InChI is InChI=1S/C24H17ClFN5O/c1-14(30-23-22-18(28-13-29-23)8-5-11-27-22)19-12-15-9-10-17(26)21(25)20(15)24(32)31(19)16-6-3-2-4-7-16/h2-14H,1H3,(H,28,29,30). The smallest absolute Gasteiger partial charge is 0.264 e. The van der Waals surface area contributed by atoms with Crippen LogP contribution in [0.2, 0.25) is 5.02 Å². The molecule has 0 fully saturated rings. The number of pyridine rings is 2. The molecule has 8 heteroatoms. The number of halogens is 2. The molecule has 0 aliphatic carbocycles. The van der Waals surface area contributed by atoms with Gasteiger partial charge in [-0.1, -0.05) is 35.9 Å². The second-order valence-corrected chi connectivity index (χ2v) is 7.71. The summed E-state index contributed by atoms with van der Waals surface area (Å²) in [6.07, 6.45) is 3.14. The van der Waals surface area contributed by atoms with E-state index >= 15 is 0 Å². The molecule has 1 unspecified atom stereocenters. The van der Waals surface area contributed by atoms with Gasteiger partial charge >= 0.3 is 0 Å². The van der Waals surface area contributed by atoms with Crippen LogP contribution in [-0.2, 0) is 0 Å². The summed E-state index contributed by atoms with van der Waals surface area (Å²) in [5.74, 6) is -0.0827. The summed E-state index contributed by atoms with van der Waals surface area (Å²) in [5.41, 5.74) is 2.25. The van der Waals surface area contributed by atoms with Crippen LogP contribution in [0.4, 0.5) is 10.2 Å². The number of hydrogen-bond acceptors (Lipinski definition) is 5. The topological polar surface area (TPSA) is 72.7 Å². The fourth-order valence-corrected chi connectivity index (χ4v) is 4.05. The summed E-state index contributed by atoms with van der Waals surface area (Å²) in [4.78, 5) is 26.5. The number of anilines is 1. The number of benzene rings is 2. The average molecular weight is 446 g/mol. The van der Waals surface area contributed by atoms with E-state index in [1.54, 1.807) is 16.8 Å². The molecule has 3 heterocycles. The molecular weight excluding hydrogens is 429 g/mol. The maximum Gasteiger partial charge on any atom is 0.264 e. The second kappa shape index (κ2) is 8.01. The summed E-state index contributed by atoms with van der Waals surface area (Å²) < 4.78 is 15.7. The van der Waals surface area contributed by atoms with E-state index in [-0.39, 0.29) is 16.5 Å². The Bertz CT molecular complexity index is 1520. The molecule has 5 aromatic rings. The van der Waals surface area contributed by atoms with E-state index in [1.807, 2.05) is 55.5 Å². The molecule has 1 N–H and O–H groups in total. The van der Waals surface area contributed by atoms with Crippen molar-refractivity contribution in [2.24, 2.45) is 0 Å². The van der Waals surface area contributed by atoms with E-state index in [0.29, 0.717) is 33.6 Å². The Morgan fingerprint density at radius 3 is 2.66 bits per heavy atom. The van der Waals surface area contributed by atoms with E-state index < -0.39 is 11.4 Å². The van der Waals surface area contributed by atoms with Crippen molar-refractivity contribution in [3.8, 4) is 5.69 Å². The zero-order chi connectivity index (χ0) is 22.2. The lowest BCUT2D eigenvalue weighted by Gasteiger charge is -2.22. The first kappa shape index (κ1) is 20.1. The van der Waals surface area contributed by atoms with Crippen molar-refractivity contribution in [3.05, 3.63) is 100 Å². The minimum absolute atomic E-state index is 0.139. The number of fused-ring (bicyclic) bond motifs is 2. The van der Waals surface area contributed by atoms with Crippen molar-refractivity contribution in [3.63, 3.8) is 0 Å². The minimum Gasteiger partial charge on any atom is -0.360 e. The number of aromatic nitrogens is 4. The predicted molar refractivity (Wildman–Crippen MR) is 124 cm³/mol. The van der Waals surface area contributed by atoms with Crippen LogP contribution in [0, 0.1) is 5.82 Å². The lowest BCUT2D eigenvalue weighted by atomic mass is 10.1. The van der Waals surface area contributed by atoms with Gasteiger partial charge in [0.15, 0.2) is 5.82 Å². The Hall–Kier alpha value is -3.84. The van der Waals surface area contributed by atoms with Crippen LogP contribution in [-0.4, -0.2) is 19.5 Å². The highest BCUT2D eigenvalue weighted by molar-refractivity contribution is 6.35. The number of nitrogens with zero attached hydrogens (tertiary/aromatic N) is 4. The summed E-state index contributed by atoms with van der Waals surface area (Å²) in [6.45, 7) is 1.92. The van der Waals surface area contributed by atoms with Crippen molar-refractivity contribution in [2.75, 3.05) is 5.32 Å². The van der Waals surface area contributed by atoms with Crippen LogP contribution >= 0.6 is 11.6 Å². The van der Waals surface area contributed by atoms with Gasteiger partial charge in [-0.15, -0.1) is 0 Å². The van der Waals surface area contributed by atoms with Gasteiger partial charge in [-0.2, -0.15) is 0 Å². The first-order chi connectivity index (χ1) is 15.5. The Balaban J connectivity index is 1.72. The number of nitrogens with one attached hydrogen (secondary N) is 1. The maximum absolute atomic E-state index is 14.1. The molecule has 6 nitrogen and oxygen atoms in total. The maximum atomic E-state index is 14.1. The Morgan fingerprint density at radius 1 is 1.03 bits per heavy atom. The van der Waals surface area contributed by atoms with E-state index in [4.69, 9.17) is 11.6 Å². The highest BCUT2D eigenvalue weighted by Crippen LogP contribution is 2.29. The molecular formula is C24H17ClFN5O. The van der Waals surface area contributed by atoms with Crippen LogP contribution < -0.4 is 10.9 Å². The molecule has 0 amide bonds. The third kappa shape index (κ3) is 3.36. The van der Waals surface area contributed by atoms with Crippen molar-refractivity contribution in [1.29, 1.82) is 0 Å². The highest BCUT2D eigenvalue weighted by Gasteiger charge is 2.20. The quantitative estimate of drug-likeness (QED) is 0.406. The minimum atomic E-state index is -0.631. The van der Waals surface area contributed by atoms with E-state index in [1.165, 1.54) is 12.4 Å². The lowest BCUT2D eigenvalue weighted by molar-refractivity contribution is 0.629. The molecule has 0 spiro atoms. The van der Waals surface area contributed by atoms with Crippen LogP contribution in [0.1, 0.15) is 18.7 Å². The molecule has 5 rings (SSSR count). The third-order valence-electron chi connectivity index (χ3n) is 5.31. The van der Waals surface area contributed by atoms with Gasteiger partial charge < -0.3 is 5.32 Å². The first-order valence-electron chi connectivity index (χ1n) is 9.96. The molecule has 32 heavy (non-hydrogen) atoms.